The number of carbonyl (C=O) groups excluding carboxylic acids is 2. The van der Waals surface area contributed by atoms with Gasteiger partial charge in [0.05, 0.1) is 23.9 Å². The standard InChI is InChI=1S/C32H48O10/c1-17-28(35)22(38-5)14-26(40-17)42-21-7-9-29(3)20(13-21)6-11-31(36)24(29)8-10-30(4)27(19-12-25(34)39-16-19)23(41-18(2)33)15-32(30,31)37/h12,17,20-24,26-28,35-37H,6-11,13-16H2,1-5H3/t17-,20?,21+,22-,23+,24-,26+,27+,28+,29+,30-,31+,32?/m1/s1. The fraction of sp³-hybridized carbons (Fsp3) is 0.875. The van der Waals surface area contributed by atoms with Crippen molar-refractivity contribution >= 4 is 11.9 Å². The van der Waals surface area contributed by atoms with E-state index in [1.165, 1.54) is 13.0 Å². The summed E-state index contributed by atoms with van der Waals surface area (Å²) in [7, 11) is 1.60. The Morgan fingerprint density at radius 2 is 1.83 bits per heavy atom. The number of methoxy groups -OCH3 is 1. The van der Waals surface area contributed by atoms with Gasteiger partial charge in [0.25, 0.3) is 0 Å². The van der Waals surface area contributed by atoms with Gasteiger partial charge in [-0.3, -0.25) is 4.79 Å². The average Bonchev–Trinajstić information content (AvgIpc) is 3.43. The molecular weight excluding hydrogens is 544 g/mol. The third-order valence-corrected chi connectivity index (χ3v) is 12.6. The van der Waals surface area contributed by atoms with Crippen LogP contribution in [0.2, 0.25) is 0 Å². The van der Waals surface area contributed by atoms with E-state index < -0.39 is 53.0 Å². The minimum absolute atomic E-state index is 0.00667. The topological polar surface area (TPSA) is 141 Å². The van der Waals surface area contributed by atoms with Crippen molar-refractivity contribution in [2.24, 2.45) is 28.6 Å². The quantitative estimate of drug-likeness (QED) is 0.322. The zero-order valence-electron chi connectivity index (χ0n) is 25.5. The van der Waals surface area contributed by atoms with E-state index in [2.05, 4.69) is 6.92 Å². The first-order valence-corrected chi connectivity index (χ1v) is 15.8. The molecule has 0 aromatic heterocycles. The summed E-state index contributed by atoms with van der Waals surface area (Å²) in [6, 6.07) is 0. The van der Waals surface area contributed by atoms with Gasteiger partial charge in [-0.2, -0.15) is 0 Å². The normalized spacial score (nSPS) is 52.0. The summed E-state index contributed by atoms with van der Waals surface area (Å²) in [5.74, 6) is -1.10. The van der Waals surface area contributed by atoms with Gasteiger partial charge in [0.2, 0.25) is 0 Å². The molecule has 0 aromatic carbocycles. The second-order valence-electron chi connectivity index (χ2n) is 14.5. The molecule has 1 saturated heterocycles. The zero-order chi connectivity index (χ0) is 30.2. The second kappa shape index (κ2) is 10.5. The maximum Gasteiger partial charge on any atom is 0.331 e. The van der Waals surface area contributed by atoms with Crippen LogP contribution in [0.4, 0.5) is 0 Å². The molecule has 0 spiro atoms. The highest BCUT2D eigenvalue weighted by Gasteiger charge is 2.76. The fourth-order valence-electron chi connectivity index (χ4n) is 10.5. The van der Waals surface area contributed by atoms with Crippen molar-refractivity contribution in [3.63, 3.8) is 0 Å². The number of hydrogen-bond acceptors (Lipinski definition) is 10. The van der Waals surface area contributed by atoms with Crippen molar-refractivity contribution in [2.75, 3.05) is 13.7 Å². The van der Waals surface area contributed by atoms with Gasteiger partial charge in [-0.15, -0.1) is 0 Å². The summed E-state index contributed by atoms with van der Waals surface area (Å²) < 4.78 is 28.9. The first-order chi connectivity index (χ1) is 19.8. The second-order valence-corrected chi connectivity index (χ2v) is 14.5. The molecular formula is C32H48O10. The van der Waals surface area contributed by atoms with Gasteiger partial charge in [0.15, 0.2) is 6.29 Å². The zero-order valence-corrected chi connectivity index (χ0v) is 25.5. The highest BCUT2D eigenvalue weighted by molar-refractivity contribution is 5.85. The molecule has 236 valence electrons. The number of hydrogen-bond donors (Lipinski definition) is 3. The van der Waals surface area contributed by atoms with Crippen LogP contribution < -0.4 is 0 Å². The molecule has 3 N–H and O–H groups in total. The van der Waals surface area contributed by atoms with E-state index in [0.717, 1.165) is 37.7 Å². The van der Waals surface area contributed by atoms with Crippen LogP contribution in [0.25, 0.3) is 0 Å². The highest BCUT2D eigenvalue weighted by atomic mass is 16.7. The number of esters is 2. The number of ether oxygens (including phenoxy) is 5. The molecule has 6 aliphatic rings. The lowest BCUT2D eigenvalue weighted by molar-refractivity contribution is -0.304. The number of carbonyl (C=O) groups is 2. The first-order valence-electron chi connectivity index (χ1n) is 15.8. The summed E-state index contributed by atoms with van der Waals surface area (Å²) in [6.45, 7) is 7.57. The first kappa shape index (κ1) is 30.5. The molecule has 6 rings (SSSR count). The van der Waals surface area contributed by atoms with Crippen LogP contribution in [0, 0.1) is 28.6 Å². The molecule has 4 aliphatic carbocycles. The molecule has 10 nitrogen and oxygen atoms in total. The Kier molecular flexibility index (Phi) is 7.63. The molecule has 42 heavy (non-hydrogen) atoms. The Bertz CT molecular complexity index is 1120. The van der Waals surface area contributed by atoms with Gasteiger partial charge >= 0.3 is 11.9 Å². The molecule has 2 heterocycles. The monoisotopic (exact) mass is 592 g/mol. The predicted octanol–water partition coefficient (Wildman–Crippen LogP) is 2.80. The van der Waals surface area contributed by atoms with Crippen molar-refractivity contribution in [3.8, 4) is 0 Å². The predicted molar refractivity (Wildman–Crippen MR) is 149 cm³/mol. The van der Waals surface area contributed by atoms with Crippen LogP contribution in [0.1, 0.15) is 85.5 Å². The van der Waals surface area contributed by atoms with Crippen LogP contribution >= 0.6 is 0 Å². The van der Waals surface area contributed by atoms with Crippen LogP contribution in [-0.2, 0) is 33.3 Å². The molecule has 4 saturated carbocycles. The molecule has 0 amide bonds. The van der Waals surface area contributed by atoms with E-state index in [4.69, 9.17) is 23.7 Å². The summed E-state index contributed by atoms with van der Waals surface area (Å²) >= 11 is 0. The van der Waals surface area contributed by atoms with Gasteiger partial charge in [-0.05, 0) is 74.7 Å². The highest BCUT2D eigenvalue weighted by Crippen LogP contribution is 2.71. The lowest BCUT2D eigenvalue weighted by Crippen LogP contribution is -2.73. The number of rotatable bonds is 5. The van der Waals surface area contributed by atoms with E-state index in [-0.39, 0.29) is 42.7 Å². The number of aliphatic hydroxyl groups excluding tert-OH is 1. The van der Waals surface area contributed by atoms with E-state index in [9.17, 15) is 24.9 Å². The Balaban J connectivity index is 1.23. The van der Waals surface area contributed by atoms with Gasteiger partial charge in [-0.25, -0.2) is 4.79 Å². The summed E-state index contributed by atoms with van der Waals surface area (Å²) in [6.07, 6.45) is 4.69. The minimum Gasteiger partial charge on any atom is -0.462 e. The molecule has 2 aliphatic heterocycles. The molecule has 13 atom stereocenters. The minimum atomic E-state index is -1.50. The number of aliphatic hydroxyl groups is 3. The Labute approximate surface area is 248 Å². The van der Waals surface area contributed by atoms with Gasteiger partial charge in [0, 0.05) is 44.3 Å². The lowest BCUT2D eigenvalue weighted by Gasteiger charge is -2.67. The Morgan fingerprint density at radius 3 is 2.50 bits per heavy atom. The number of fused-ring (bicyclic) bond motifs is 5. The Hall–Kier alpha value is -1.56. The molecule has 2 unspecified atom stereocenters. The molecule has 0 aromatic rings. The maximum atomic E-state index is 12.7. The molecule has 10 heteroatoms. The fourth-order valence-corrected chi connectivity index (χ4v) is 10.5. The largest absolute Gasteiger partial charge is 0.462 e. The van der Waals surface area contributed by atoms with Crippen LogP contribution in [0.3, 0.4) is 0 Å². The summed E-state index contributed by atoms with van der Waals surface area (Å²) in [5.41, 5.74) is -3.12. The van der Waals surface area contributed by atoms with Crippen molar-refractivity contribution < 1.29 is 48.6 Å². The third kappa shape index (κ3) is 4.42. The van der Waals surface area contributed by atoms with E-state index >= 15 is 0 Å². The SMILES string of the molecule is CO[C@@H]1C[C@H](O[C@H]2CC[C@@]3(C)C(CC[C@]4(O)[C@@H]3CC[C@]3(C)[C@@H](C5=CC(=O)OC5)[C@@H](OC(C)=O)CC34O)C2)O[C@H](C)[C@@H]1O. The summed E-state index contributed by atoms with van der Waals surface area (Å²) in [5, 5.41) is 35.7. The number of cyclic esters (lactones) is 1. The Morgan fingerprint density at radius 1 is 1.07 bits per heavy atom. The van der Waals surface area contributed by atoms with Crippen molar-refractivity contribution in [1.82, 2.24) is 0 Å². The summed E-state index contributed by atoms with van der Waals surface area (Å²) in [4.78, 5) is 24.2. The van der Waals surface area contributed by atoms with Gasteiger partial charge in [-0.1, -0.05) is 13.8 Å². The van der Waals surface area contributed by atoms with Gasteiger partial charge in [0.1, 0.15) is 24.4 Å². The third-order valence-electron chi connectivity index (χ3n) is 12.6. The van der Waals surface area contributed by atoms with Crippen molar-refractivity contribution in [2.45, 2.75) is 133 Å². The lowest BCUT2D eigenvalue weighted by atomic mass is 9.41. The van der Waals surface area contributed by atoms with Gasteiger partial charge < -0.3 is 39.0 Å². The van der Waals surface area contributed by atoms with Crippen LogP contribution in [0.15, 0.2) is 11.6 Å². The van der Waals surface area contributed by atoms with E-state index in [1.807, 2.05) is 13.8 Å². The molecule has 0 bridgehead atoms. The van der Waals surface area contributed by atoms with E-state index in [1.54, 1.807) is 7.11 Å². The van der Waals surface area contributed by atoms with E-state index in [0.29, 0.717) is 25.2 Å². The maximum absolute atomic E-state index is 12.7. The van der Waals surface area contributed by atoms with Crippen LogP contribution in [-0.4, -0.2) is 89.0 Å². The average molecular weight is 593 g/mol. The molecule has 5 fully saturated rings. The molecule has 0 radical (unpaired) electrons. The van der Waals surface area contributed by atoms with Crippen molar-refractivity contribution in [3.05, 3.63) is 11.6 Å². The van der Waals surface area contributed by atoms with Crippen molar-refractivity contribution in [1.29, 1.82) is 0 Å². The smallest absolute Gasteiger partial charge is 0.331 e. The van der Waals surface area contributed by atoms with Crippen LogP contribution in [0.5, 0.6) is 0 Å².